The number of para-hydroxylation sites is 2. The summed E-state index contributed by atoms with van der Waals surface area (Å²) < 4.78 is 7.62. The Morgan fingerprint density at radius 3 is 2.44 bits per heavy atom. The Morgan fingerprint density at radius 2 is 1.62 bits per heavy atom. The van der Waals surface area contributed by atoms with E-state index in [1.165, 1.54) is 0 Å². The number of rotatable bonds is 4. The largest absolute Gasteiger partial charge is 0.457 e. The van der Waals surface area contributed by atoms with Crippen LogP contribution in [0.4, 0.5) is 0 Å². The third-order valence-electron chi connectivity index (χ3n) is 5.31. The molecule has 5 aromatic rings. The van der Waals surface area contributed by atoms with Crippen molar-refractivity contribution in [3.63, 3.8) is 0 Å². The topological polar surface area (TPSA) is 48.0 Å². The van der Waals surface area contributed by atoms with Crippen molar-refractivity contribution in [2.45, 2.75) is 6.92 Å². The zero-order chi connectivity index (χ0) is 22.1. The number of halogens is 1. The van der Waals surface area contributed by atoms with Gasteiger partial charge in [-0.25, -0.2) is 4.98 Å². The van der Waals surface area contributed by atoms with Gasteiger partial charge < -0.3 is 4.42 Å². The van der Waals surface area contributed by atoms with E-state index in [0.29, 0.717) is 27.5 Å². The molecule has 2 heterocycles. The Labute approximate surface area is 190 Å². The molecule has 32 heavy (non-hydrogen) atoms. The molecule has 0 saturated carbocycles. The van der Waals surface area contributed by atoms with Gasteiger partial charge in [-0.15, -0.1) is 0 Å². The van der Waals surface area contributed by atoms with E-state index < -0.39 is 0 Å². The third-order valence-corrected chi connectivity index (χ3v) is 5.56. The maximum absolute atomic E-state index is 13.4. The third kappa shape index (κ3) is 3.77. The van der Waals surface area contributed by atoms with Gasteiger partial charge in [0.1, 0.15) is 17.3 Å². The van der Waals surface area contributed by atoms with Crippen molar-refractivity contribution in [2.24, 2.45) is 0 Å². The average molecular weight is 439 g/mol. The fraction of sp³-hybridized carbons (Fsp3) is 0.0370. The maximum Gasteiger partial charge on any atom is 0.266 e. The summed E-state index contributed by atoms with van der Waals surface area (Å²) in [7, 11) is 0. The predicted molar refractivity (Wildman–Crippen MR) is 130 cm³/mol. The molecule has 5 heteroatoms. The molecule has 3 aromatic carbocycles. The first-order valence-electron chi connectivity index (χ1n) is 10.2. The van der Waals surface area contributed by atoms with Gasteiger partial charge in [-0.2, -0.15) is 0 Å². The van der Waals surface area contributed by atoms with Crippen LogP contribution in [-0.4, -0.2) is 9.55 Å². The molecule has 5 rings (SSSR count). The molecule has 0 aliphatic rings. The minimum Gasteiger partial charge on any atom is -0.457 e. The first-order chi connectivity index (χ1) is 15.6. The van der Waals surface area contributed by atoms with Gasteiger partial charge in [-0.3, -0.25) is 9.36 Å². The monoisotopic (exact) mass is 438 g/mol. The first kappa shape index (κ1) is 20.0. The fourth-order valence-electron chi connectivity index (χ4n) is 3.68. The van der Waals surface area contributed by atoms with Gasteiger partial charge in [0.2, 0.25) is 0 Å². The van der Waals surface area contributed by atoms with Crippen LogP contribution in [0, 0.1) is 6.92 Å². The van der Waals surface area contributed by atoms with Crippen molar-refractivity contribution >= 4 is 34.7 Å². The molecule has 0 aliphatic heterocycles. The average Bonchev–Trinajstić information content (AvgIpc) is 3.28. The number of benzene rings is 3. The van der Waals surface area contributed by atoms with Crippen molar-refractivity contribution in [1.29, 1.82) is 0 Å². The predicted octanol–water partition coefficient (Wildman–Crippen LogP) is 6.78. The van der Waals surface area contributed by atoms with Crippen molar-refractivity contribution < 1.29 is 4.42 Å². The summed E-state index contributed by atoms with van der Waals surface area (Å²) >= 11 is 5.98. The van der Waals surface area contributed by atoms with Crippen LogP contribution in [0.1, 0.15) is 17.1 Å². The molecule has 0 saturated heterocycles. The number of furan rings is 1. The molecule has 0 atom stereocenters. The molecule has 0 radical (unpaired) electrons. The molecule has 0 fully saturated rings. The second-order valence-electron chi connectivity index (χ2n) is 7.46. The fourth-order valence-corrected chi connectivity index (χ4v) is 3.80. The highest BCUT2D eigenvalue weighted by molar-refractivity contribution is 6.30. The summed E-state index contributed by atoms with van der Waals surface area (Å²) in [5.74, 6) is 1.94. The quantitative estimate of drug-likeness (QED) is 0.311. The lowest BCUT2D eigenvalue weighted by molar-refractivity contribution is 0.572. The minimum absolute atomic E-state index is 0.106. The molecule has 0 bridgehead atoms. The summed E-state index contributed by atoms with van der Waals surface area (Å²) in [4.78, 5) is 18.1. The number of aromatic nitrogens is 2. The van der Waals surface area contributed by atoms with Crippen LogP contribution < -0.4 is 5.56 Å². The standard InChI is InChI=1S/C27H19ClN2O2/c1-18-6-2-5-9-24(18)30-26(29-23-8-4-3-7-22(23)27(30)31)17-15-21-14-16-25(32-21)19-10-12-20(28)13-11-19/h2-17H,1H3/b17-15+. The van der Waals surface area contributed by atoms with Gasteiger partial charge in [0.05, 0.1) is 16.6 Å². The molecule has 0 unspecified atom stereocenters. The van der Waals surface area contributed by atoms with Crippen LogP contribution in [0.25, 0.3) is 40.1 Å². The summed E-state index contributed by atoms with van der Waals surface area (Å²) in [6.45, 7) is 1.98. The highest BCUT2D eigenvalue weighted by Gasteiger charge is 2.12. The zero-order valence-electron chi connectivity index (χ0n) is 17.3. The maximum atomic E-state index is 13.4. The van der Waals surface area contributed by atoms with E-state index in [9.17, 15) is 4.79 Å². The van der Waals surface area contributed by atoms with E-state index in [4.69, 9.17) is 21.0 Å². The first-order valence-corrected chi connectivity index (χ1v) is 10.6. The summed E-state index contributed by atoms with van der Waals surface area (Å²) in [5.41, 5.74) is 3.28. The highest BCUT2D eigenvalue weighted by atomic mass is 35.5. The molecular weight excluding hydrogens is 420 g/mol. The lowest BCUT2D eigenvalue weighted by Crippen LogP contribution is -2.23. The Hall–Kier alpha value is -3.89. The van der Waals surface area contributed by atoms with Gasteiger partial charge in [0.25, 0.3) is 5.56 Å². The zero-order valence-corrected chi connectivity index (χ0v) is 18.1. The normalized spacial score (nSPS) is 11.4. The van der Waals surface area contributed by atoms with Gasteiger partial charge in [-0.1, -0.05) is 41.9 Å². The highest BCUT2D eigenvalue weighted by Crippen LogP contribution is 2.25. The number of hydrogen-bond acceptors (Lipinski definition) is 3. The Bertz CT molecular complexity index is 1510. The minimum atomic E-state index is -0.106. The number of fused-ring (bicyclic) bond motifs is 1. The summed E-state index contributed by atoms with van der Waals surface area (Å²) in [5, 5.41) is 1.26. The van der Waals surface area contributed by atoms with E-state index in [-0.39, 0.29) is 5.56 Å². The molecule has 0 spiro atoms. The molecule has 2 aromatic heterocycles. The van der Waals surface area contributed by atoms with Crippen molar-refractivity contribution in [1.82, 2.24) is 9.55 Å². The van der Waals surface area contributed by atoms with Gasteiger partial charge in [-0.05, 0) is 79.2 Å². The molecule has 4 nitrogen and oxygen atoms in total. The van der Waals surface area contributed by atoms with Crippen LogP contribution in [0.3, 0.4) is 0 Å². The van der Waals surface area contributed by atoms with Crippen molar-refractivity contribution in [3.8, 4) is 17.0 Å². The van der Waals surface area contributed by atoms with E-state index in [0.717, 1.165) is 22.6 Å². The van der Waals surface area contributed by atoms with Gasteiger partial charge in [0, 0.05) is 10.6 Å². The summed E-state index contributed by atoms with van der Waals surface area (Å²) in [6, 6.07) is 26.4. The smallest absolute Gasteiger partial charge is 0.266 e. The van der Waals surface area contributed by atoms with Crippen LogP contribution in [0.5, 0.6) is 0 Å². The van der Waals surface area contributed by atoms with Gasteiger partial charge in [0.15, 0.2) is 0 Å². The molecule has 156 valence electrons. The summed E-state index contributed by atoms with van der Waals surface area (Å²) in [6.07, 6.45) is 3.63. The van der Waals surface area contributed by atoms with Gasteiger partial charge >= 0.3 is 0 Å². The van der Waals surface area contributed by atoms with E-state index >= 15 is 0 Å². The Balaban J connectivity index is 1.61. The second-order valence-corrected chi connectivity index (χ2v) is 7.89. The van der Waals surface area contributed by atoms with E-state index in [1.807, 2.05) is 97.9 Å². The van der Waals surface area contributed by atoms with Crippen LogP contribution in [-0.2, 0) is 0 Å². The SMILES string of the molecule is Cc1ccccc1-n1c(/C=C/c2ccc(-c3ccc(Cl)cc3)o2)nc2ccccc2c1=O. The number of nitrogens with zero attached hydrogens (tertiary/aromatic N) is 2. The molecule has 0 N–H and O–H groups in total. The van der Waals surface area contributed by atoms with Crippen molar-refractivity contribution in [2.75, 3.05) is 0 Å². The molecular formula is C27H19ClN2O2. The van der Waals surface area contributed by atoms with Crippen LogP contribution in [0.2, 0.25) is 5.02 Å². The van der Waals surface area contributed by atoms with E-state index in [1.54, 1.807) is 10.6 Å². The Kier molecular flexibility index (Phi) is 5.21. The molecule has 0 amide bonds. The lowest BCUT2D eigenvalue weighted by Gasteiger charge is -2.13. The van der Waals surface area contributed by atoms with E-state index in [2.05, 4.69) is 0 Å². The Morgan fingerprint density at radius 1 is 0.875 bits per heavy atom. The van der Waals surface area contributed by atoms with Crippen LogP contribution in [0.15, 0.2) is 94.1 Å². The number of hydrogen-bond donors (Lipinski definition) is 0. The van der Waals surface area contributed by atoms with Crippen molar-refractivity contribution in [3.05, 3.63) is 117 Å². The molecule has 0 aliphatic carbocycles. The lowest BCUT2D eigenvalue weighted by atomic mass is 10.1. The van der Waals surface area contributed by atoms with Crippen LogP contribution >= 0.6 is 11.6 Å². The number of aryl methyl sites for hydroxylation is 1. The second kappa shape index (κ2) is 8.33.